The van der Waals surface area contributed by atoms with E-state index in [0.29, 0.717) is 37.8 Å². The molecule has 2 aliphatic heterocycles. The summed E-state index contributed by atoms with van der Waals surface area (Å²) in [5.74, 6) is -0.426. The summed E-state index contributed by atoms with van der Waals surface area (Å²) < 4.78 is 14.2. The Kier molecular flexibility index (Phi) is 6.52. The van der Waals surface area contributed by atoms with E-state index in [4.69, 9.17) is 11.6 Å². The SMILES string of the molecule is N#CC1(C(=O)NC(CCN2CC3CN(C(=O)c4c(F)cccc4Cl)C[C@@H]3C2)c2ccccc2)CC1. The Bertz CT molecular complexity index is 1130. The van der Waals surface area contributed by atoms with Gasteiger partial charge in [-0.2, -0.15) is 5.26 Å². The lowest BCUT2D eigenvalue weighted by atomic mass is 10.0. The van der Waals surface area contributed by atoms with E-state index in [1.165, 1.54) is 12.1 Å². The van der Waals surface area contributed by atoms with Gasteiger partial charge in [-0.3, -0.25) is 9.59 Å². The molecule has 6 nitrogen and oxygen atoms in total. The number of carbonyl (C=O) groups is 2. The first-order valence-corrected chi connectivity index (χ1v) is 12.5. The zero-order chi connectivity index (χ0) is 24.6. The Hall–Kier alpha value is -2.95. The predicted octanol–water partition coefficient (Wildman–Crippen LogP) is 4.03. The number of hydrogen-bond acceptors (Lipinski definition) is 4. The van der Waals surface area contributed by atoms with Crippen LogP contribution in [0, 0.1) is 34.4 Å². The minimum atomic E-state index is -0.852. The second kappa shape index (κ2) is 9.60. The molecule has 2 amide bonds. The number of amides is 2. The number of hydrogen-bond donors (Lipinski definition) is 1. The molecule has 2 aromatic carbocycles. The van der Waals surface area contributed by atoms with E-state index in [2.05, 4.69) is 16.3 Å². The van der Waals surface area contributed by atoms with E-state index in [-0.39, 0.29) is 28.4 Å². The minimum absolute atomic E-state index is 0.0433. The summed E-state index contributed by atoms with van der Waals surface area (Å²) in [5.41, 5.74) is 0.139. The van der Waals surface area contributed by atoms with Crippen molar-refractivity contribution in [3.8, 4) is 6.07 Å². The highest BCUT2D eigenvalue weighted by molar-refractivity contribution is 6.33. The average Bonchev–Trinajstić information content (AvgIpc) is 3.43. The molecule has 1 N–H and O–H groups in total. The summed E-state index contributed by atoms with van der Waals surface area (Å²) in [6.45, 7) is 3.70. The van der Waals surface area contributed by atoms with Gasteiger partial charge in [0.2, 0.25) is 5.91 Å². The highest BCUT2D eigenvalue weighted by atomic mass is 35.5. The van der Waals surface area contributed by atoms with Gasteiger partial charge in [0.1, 0.15) is 11.2 Å². The third kappa shape index (κ3) is 4.78. The van der Waals surface area contributed by atoms with Gasteiger partial charge in [0.15, 0.2) is 0 Å². The van der Waals surface area contributed by atoms with Crippen LogP contribution in [0.2, 0.25) is 5.02 Å². The van der Waals surface area contributed by atoms with Crippen LogP contribution >= 0.6 is 11.6 Å². The molecule has 8 heteroatoms. The summed E-state index contributed by atoms with van der Waals surface area (Å²) in [5, 5.41) is 12.7. The Balaban J connectivity index is 1.18. The van der Waals surface area contributed by atoms with E-state index in [0.717, 1.165) is 31.6 Å². The molecule has 1 saturated carbocycles. The number of nitriles is 1. The Morgan fingerprint density at radius 2 is 1.77 bits per heavy atom. The normalized spacial score (nSPS) is 23.4. The van der Waals surface area contributed by atoms with Crippen molar-refractivity contribution >= 4 is 23.4 Å². The molecule has 2 unspecified atom stereocenters. The molecule has 2 aromatic rings. The van der Waals surface area contributed by atoms with Gasteiger partial charge in [-0.05, 0) is 48.8 Å². The van der Waals surface area contributed by atoms with Crippen LogP contribution in [-0.4, -0.2) is 54.3 Å². The third-order valence-electron chi connectivity index (χ3n) is 7.67. The molecular weight excluding hydrogens is 467 g/mol. The van der Waals surface area contributed by atoms with Crippen molar-refractivity contribution in [1.82, 2.24) is 15.1 Å². The number of nitrogens with one attached hydrogen (secondary N) is 1. The number of fused-ring (bicyclic) bond motifs is 1. The number of nitrogens with zero attached hydrogens (tertiary/aromatic N) is 3. The highest BCUT2D eigenvalue weighted by Gasteiger charge is 2.51. The third-order valence-corrected chi connectivity index (χ3v) is 7.98. The van der Waals surface area contributed by atoms with Crippen LogP contribution < -0.4 is 5.32 Å². The van der Waals surface area contributed by atoms with E-state index < -0.39 is 11.2 Å². The van der Waals surface area contributed by atoms with Gasteiger partial charge in [-0.1, -0.05) is 48.0 Å². The van der Waals surface area contributed by atoms with Crippen LogP contribution in [0.3, 0.4) is 0 Å². The monoisotopic (exact) mass is 494 g/mol. The summed E-state index contributed by atoms with van der Waals surface area (Å²) in [4.78, 5) is 29.8. The Morgan fingerprint density at radius 3 is 2.37 bits per heavy atom. The summed E-state index contributed by atoms with van der Waals surface area (Å²) in [6, 6.07) is 16.2. The molecule has 5 rings (SSSR count). The lowest BCUT2D eigenvalue weighted by molar-refractivity contribution is -0.125. The molecule has 35 heavy (non-hydrogen) atoms. The summed E-state index contributed by atoms with van der Waals surface area (Å²) >= 11 is 6.10. The maximum absolute atomic E-state index is 14.2. The second-order valence-corrected chi connectivity index (χ2v) is 10.4. The fraction of sp³-hybridized carbons (Fsp3) is 0.444. The van der Waals surface area contributed by atoms with Crippen molar-refractivity contribution in [3.63, 3.8) is 0 Å². The largest absolute Gasteiger partial charge is 0.348 e. The maximum atomic E-state index is 14.2. The molecule has 0 aromatic heterocycles. The first kappa shape index (κ1) is 23.8. The number of likely N-dealkylation sites (tertiary alicyclic amines) is 2. The number of carbonyl (C=O) groups excluding carboxylic acids is 2. The van der Waals surface area contributed by atoms with E-state index in [9.17, 15) is 19.2 Å². The first-order valence-electron chi connectivity index (χ1n) is 12.1. The van der Waals surface area contributed by atoms with Gasteiger partial charge in [-0.15, -0.1) is 0 Å². The van der Waals surface area contributed by atoms with E-state index in [1.807, 2.05) is 30.3 Å². The van der Waals surface area contributed by atoms with Crippen molar-refractivity contribution < 1.29 is 14.0 Å². The fourth-order valence-electron chi connectivity index (χ4n) is 5.43. The number of halogens is 2. The highest BCUT2D eigenvalue weighted by Crippen LogP contribution is 2.45. The van der Waals surface area contributed by atoms with Crippen LogP contribution in [0.15, 0.2) is 48.5 Å². The molecule has 3 fully saturated rings. The summed E-state index contributed by atoms with van der Waals surface area (Å²) in [7, 11) is 0. The first-order chi connectivity index (χ1) is 16.9. The molecule has 2 heterocycles. The molecular formula is C27H28ClFN4O2. The van der Waals surface area contributed by atoms with Crippen molar-refractivity contribution in [3.05, 3.63) is 70.5 Å². The van der Waals surface area contributed by atoms with Gasteiger partial charge in [0.05, 0.1) is 22.7 Å². The van der Waals surface area contributed by atoms with Crippen LogP contribution in [0.5, 0.6) is 0 Å². The van der Waals surface area contributed by atoms with Crippen LogP contribution in [0.25, 0.3) is 0 Å². The van der Waals surface area contributed by atoms with Gasteiger partial charge in [-0.25, -0.2) is 4.39 Å². The standard InChI is InChI=1S/C27H28ClFN4O2/c28-21-7-4-8-22(29)24(21)25(34)33-15-19-13-32(14-20(19)16-33)12-9-23(18-5-2-1-3-6-18)31-26(35)27(17-30)10-11-27/h1-8,19-20,23H,9-16H2,(H,31,35)/t19-,20?,23?/m0/s1. The van der Waals surface area contributed by atoms with Crippen LogP contribution in [-0.2, 0) is 4.79 Å². The molecule has 3 aliphatic rings. The minimum Gasteiger partial charge on any atom is -0.348 e. The maximum Gasteiger partial charge on any atom is 0.258 e. The van der Waals surface area contributed by atoms with Crippen LogP contribution in [0.4, 0.5) is 4.39 Å². The van der Waals surface area contributed by atoms with Crippen molar-refractivity contribution in [2.75, 3.05) is 32.7 Å². The topological polar surface area (TPSA) is 76.4 Å². The fourth-order valence-corrected chi connectivity index (χ4v) is 5.67. The van der Waals surface area contributed by atoms with E-state index in [1.54, 1.807) is 11.0 Å². The average molecular weight is 495 g/mol. The molecule has 0 bridgehead atoms. The van der Waals surface area contributed by atoms with Crippen molar-refractivity contribution in [2.45, 2.75) is 25.3 Å². The van der Waals surface area contributed by atoms with Gasteiger partial charge in [0.25, 0.3) is 5.91 Å². The van der Waals surface area contributed by atoms with Gasteiger partial charge < -0.3 is 15.1 Å². The van der Waals surface area contributed by atoms with E-state index >= 15 is 0 Å². The number of benzene rings is 2. The molecule has 0 spiro atoms. The Labute approximate surface area is 209 Å². The van der Waals surface area contributed by atoms with Gasteiger partial charge in [0, 0.05) is 32.7 Å². The van der Waals surface area contributed by atoms with Crippen LogP contribution in [0.1, 0.15) is 41.2 Å². The lowest BCUT2D eigenvalue weighted by Crippen LogP contribution is -2.37. The smallest absolute Gasteiger partial charge is 0.258 e. The molecule has 1 aliphatic carbocycles. The lowest BCUT2D eigenvalue weighted by Gasteiger charge is -2.25. The quantitative estimate of drug-likeness (QED) is 0.630. The zero-order valence-corrected chi connectivity index (χ0v) is 20.2. The summed E-state index contributed by atoms with van der Waals surface area (Å²) in [6.07, 6.45) is 1.99. The molecule has 182 valence electrons. The molecule has 3 atom stereocenters. The molecule has 2 saturated heterocycles. The Morgan fingerprint density at radius 1 is 1.09 bits per heavy atom. The zero-order valence-electron chi connectivity index (χ0n) is 19.4. The number of rotatable bonds is 7. The van der Waals surface area contributed by atoms with Crippen molar-refractivity contribution in [2.24, 2.45) is 17.3 Å². The molecule has 0 radical (unpaired) electrons. The van der Waals surface area contributed by atoms with Crippen molar-refractivity contribution in [1.29, 1.82) is 5.26 Å². The van der Waals surface area contributed by atoms with Gasteiger partial charge >= 0.3 is 0 Å². The predicted molar refractivity (Wildman–Crippen MR) is 130 cm³/mol. The second-order valence-electron chi connectivity index (χ2n) is 10.0.